The van der Waals surface area contributed by atoms with Crippen LogP contribution in [0.4, 0.5) is 0 Å². The van der Waals surface area contributed by atoms with Gasteiger partial charge in [-0.25, -0.2) is 4.79 Å². The van der Waals surface area contributed by atoms with Gasteiger partial charge in [-0.05, 0) is 39.0 Å². The Labute approximate surface area is 121 Å². The molecule has 0 spiro atoms. The van der Waals surface area contributed by atoms with Crippen LogP contribution in [-0.2, 0) is 10.3 Å². The van der Waals surface area contributed by atoms with Gasteiger partial charge in [0.05, 0.1) is 0 Å². The number of benzene rings is 1. The summed E-state index contributed by atoms with van der Waals surface area (Å²) >= 11 is 0. The van der Waals surface area contributed by atoms with Crippen molar-refractivity contribution in [1.29, 1.82) is 0 Å². The Bertz CT molecular complexity index is 408. The Balaban J connectivity index is 2.83. The van der Waals surface area contributed by atoms with Gasteiger partial charge in [0.25, 0.3) is 0 Å². The molecule has 0 aromatic heterocycles. The molecule has 0 heterocycles. The van der Waals surface area contributed by atoms with Crippen LogP contribution < -0.4 is 5.32 Å². The molecule has 4 nitrogen and oxygen atoms in total. The molecule has 1 rings (SSSR count). The molecule has 0 bridgehead atoms. The number of nitrogens with zero attached hydrogens (tertiary/aromatic N) is 1. The first kappa shape index (κ1) is 16.7. The number of rotatable bonds is 9. The van der Waals surface area contributed by atoms with Crippen LogP contribution in [0.3, 0.4) is 0 Å². The van der Waals surface area contributed by atoms with Gasteiger partial charge in [0.2, 0.25) is 0 Å². The molecule has 1 aromatic carbocycles. The quantitative estimate of drug-likeness (QED) is 0.728. The van der Waals surface area contributed by atoms with Gasteiger partial charge in [-0.3, -0.25) is 0 Å². The molecule has 1 aromatic rings. The second-order valence-electron chi connectivity index (χ2n) is 5.23. The van der Waals surface area contributed by atoms with Gasteiger partial charge < -0.3 is 15.3 Å². The number of aliphatic carboxylic acids is 1. The maximum atomic E-state index is 11.8. The van der Waals surface area contributed by atoms with E-state index >= 15 is 0 Å². The average molecular weight is 278 g/mol. The average Bonchev–Trinajstić information content (AvgIpc) is 2.47. The minimum absolute atomic E-state index is 0.545. The number of nitrogens with one attached hydrogen (secondary N) is 1. The summed E-state index contributed by atoms with van der Waals surface area (Å²) in [5.74, 6) is -0.824. The molecule has 0 aliphatic carbocycles. The van der Waals surface area contributed by atoms with Crippen LogP contribution in [0, 0.1) is 0 Å². The van der Waals surface area contributed by atoms with E-state index in [-0.39, 0.29) is 0 Å². The van der Waals surface area contributed by atoms with Crippen molar-refractivity contribution in [2.75, 3.05) is 27.2 Å². The first-order valence-electron chi connectivity index (χ1n) is 7.23. The van der Waals surface area contributed by atoms with E-state index < -0.39 is 11.5 Å². The SMILES string of the molecule is CCCCN(C)CCC(NC)(C(=O)O)c1ccccc1. The predicted octanol–water partition coefficient (Wildman–Crippen LogP) is 2.31. The zero-order chi connectivity index (χ0) is 15.0. The maximum Gasteiger partial charge on any atom is 0.328 e. The molecule has 2 N–H and O–H groups in total. The maximum absolute atomic E-state index is 11.8. The number of hydrogen-bond donors (Lipinski definition) is 2. The second-order valence-corrected chi connectivity index (χ2v) is 5.23. The van der Waals surface area contributed by atoms with E-state index in [0.29, 0.717) is 6.42 Å². The Kier molecular flexibility index (Phi) is 6.68. The van der Waals surface area contributed by atoms with Gasteiger partial charge in [-0.1, -0.05) is 43.7 Å². The fourth-order valence-corrected chi connectivity index (χ4v) is 2.37. The number of carboxylic acids is 1. The minimum atomic E-state index is -1.01. The summed E-state index contributed by atoms with van der Waals surface area (Å²) in [6.07, 6.45) is 2.84. The Hall–Kier alpha value is -1.39. The van der Waals surface area contributed by atoms with Crippen LogP contribution in [0.2, 0.25) is 0 Å². The number of unbranched alkanes of at least 4 members (excludes halogenated alkanes) is 1. The Morgan fingerprint density at radius 3 is 2.45 bits per heavy atom. The van der Waals surface area contributed by atoms with Crippen molar-refractivity contribution in [1.82, 2.24) is 10.2 Å². The van der Waals surface area contributed by atoms with E-state index in [1.165, 1.54) is 0 Å². The number of carbonyl (C=O) groups is 1. The first-order valence-corrected chi connectivity index (χ1v) is 7.23. The molecule has 0 saturated heterocycles. The summed E-state index contributed by atoms with van der Waals surface area (Å²) in [4.78, 5) is 14.0. The highest BCUT2D eigenvalue weighted by molar-refractivity contribution is 5.80. The molecule has 0 radical (unpaired) electrons. The molecule has 0 saturated carbocycles. The standard InChI is InChI=1S/C16H26N2O2/c1-4-5-12-18(3)13-11-16(17-2,15(19)20)14-9-7-6-8-10-14/h6-10,17H,4-5,11-13H2,1-3H3,(H,19,20). The van der Waals surface area contributed by atoms with Gasteiger partial charge in [0.1, 0.15) is 5.54 Å². The lowest BCUT2D eigenvalue weighted by molar-refractivity contribution is -0.145. The fourth-order valence-electron chi connectivity index (χ4n) is 2.37. The molecule has 0 amide bonds. The lowest BCUT2D eigenvalue weighted by Gasteiger charge is -2.31. The van der Waals surface area contributed by atoms with E-state index in [9.17, 15) is 9.90 Å². The largest absolute Gasteiger partial charge is 0.480 e. The third-order valence-corrected chi connectivity index (χ3v) is 3.82. The molecule has 1 atom stereocenters. The van der Waals surface area contributed by atoms with Gasteiger partial charge >= 0.3 is 5.97 Å². The van der Waals surface area contributed by atoms with Crippen LogP contribution in [0.5, 0.6) is 0 Å². The number of hydrogen-bond acceptors (Lipinski definition) is 3. The first-order chi connectivity index (χ1) is 9.56. The van der Waals surface area contributed by atoms with E-state index in [2.05, 4.69) is 17.1 Å². The minimum Gasteiger partial charge on any atom is -0.480 e. The van der Waals surface area contributed by atoms with Crippen molar-refractivity contribution in [2.45, 2.75) is 31.7 Å². The Morgan fingerprint density at radius 2 is 1.95 bits per heavy atom. The molecule has 0 aliphatic rings. The van der Waals surface area contributed by atoms with E-state index in [1.54, 1.807) is 7.05 Å². The van der Waals surface area contributed by atoms with Crippen molar-refractivity contribution >= 4 is 5.97 Å². The van der Waals surface area contributed by atoms with Crippen LogP contribution in [0.1, 0.15) is 31.7 Å². The Morgan fingerprint density at radius 1 is 1.30 bits per heavy atom. The highest BCUT2D eigenvalue weighted by Gasteiger charge is 2.38. The second kappa shape index (κ2) is 8.02. The smallest absolute Gasteiger partial charge is 0.328 e. The summed E-state index contributed by atoms with van der Waals surface area (Å²) in [6.45, 7) is 3.92. The molecule has 112 valence electrons. The zero-order valence-corrected chi connectivity index (χ0v) is 12.7. The van der Waals surface area contributed by atoms with Crippen LogP contribution in [-0.4, -0.2) is 43.2 Å². The van der Waals surface area contributed by atoms with Gasteiger partial charge in [0.15, 0.2) is 0 Å². The lowest BCUT2D eigenvalue weighted by atomic mass is 9.86. The van der Waals surface area contributed by atoms with Gasteiger partial charge in [0, 0.05) is 6.54 Å². The summed E-state index contributed by atoms with van der Waals surface area (Å²) < 4.78 is 0. The van der Waals surface area contributed by atoms with Crippen LogP contribution >= 0.6 is 0 Å². The molecule has 4 heteroatoms. The van der Waals surface area contributed by atoms with Crippen molar-refractivity contribution in [2.24, 2.45) is 0 Å². The summed E-state index contributed by atoms with van der Waals surface area (Å²) in [7, 11) is 3.76. The highest BCUT2D eigenvalue weighted by atomic mass is 16.4. The molecule has 0 aliphatic heterocycles. The van der Waals surface area contributed by atoms with Gasteiger partial charge in [-0.15, -0.1) is 0 Å². The van der Waals surface area contributed by atoms with Crippen LogP contribution in [0.15, 0.2) is 30.3 Å². The van der Waals surface area contributed by atoms with E-state index in [1.807, 2.05) is 37.4 Å². The van der Waals surface area contributed by atoms with Crippen molar-refractivity contribution in [3.8, 4) is 0 Å². The highest BCUT2D eigenvalue weighted by Crippen LogP contribution is 2.25. The van der Waals surface area contributed by atoms with Gasteiger partial charge in [-0.2, -0.15) is 0 Å². The number of carboxylic acid groups (broad SMARTS) is 1. The van der Waals surface area contributed by atoms with Crippen molar-refractivity contribution in [3.63, 3.8) is 0 Å². The monoisotopic (exact) mass is 278 g/mol. The molecular weight excluding hydrogens is 252 g/mol. The van der Waals surface area contributed by atoms with Crippen LogP contribution in [0.25, 0.3) is 0 Å². The zero-order valence-electron chi connectivity index (χ0n) is 12.7. The summed E-state index contributed by atoms with van der Waals surface area (Å²) in [6, 6.07) is 9.41. The summed E-state index contributed by atoms with van der Waals surface area (Å²) in [5, 5.41) is 12.7. The van der Waals surface area contributed by atoms with Crippen molar-refractivity contribution < 1.29 is 9.90 Å². The summed E-state index contributed by atoms with van der Waals surface area (Å²) in [5.41, 5.74) is -0.208. The third-order valence-electron chi connectivity index (χ3n) is 3.82. The topological polar surface area (TPSA) is 52.6 Å². The third kappa shape index (κ3) is 4.05. The fraction of sp³-hybridized carbons (Fsp3) is 0.562. The molecule has 1 unspecified atom stereocenters. The predicted molar refractivity (Wildman–Crippen MR) is 81.8 cm³/mol. The molecule has 0 fully saturated rings. The lowest BCUT2D eigenvalue weighted by Crippen LogP contribution is -2.49. The van der Waals surface area contributed by atoms with E-state index in [4.69, 9.17) is 0 Å². The molecular formula is C16H26N2O2. The number of likely N-dealkylation sites (N-methyl/N-ethyl adjacent to an activating group) is 1. The van der Waals surface area contributed by atoms with Crippen molar-refractivity contribution in [3.05, 3.63) is 35.9 Å². The normalized spacial score (nSPS) is 14.2. The van der Waals surface area contributed by atoms with E-state index in [0.717, 1.165) is 31.5 Å². The molecule has 20 heavy (non-hydrogen) atoms.